The van der Waals surface area contributed by atoms with E-state index in [4.69, 9.17) is 0 Å². The third kappa shape index (κ3) is 3.67. The average molecular weight is 283 g/mol. The summed E-state index contributed by atoms with van der Waals surface area (Å²) >= 11 is 0. The van der Waals surface area contributed by atoms with Crippen LogP contribution < -0.4 is 10.2 Å². The van der Waals surface area contributed by atoms with Gasteiger partial charge in [0.15, 0.2) is 9.84 Å². The third-order valence-electron chi connectivity index (χ3n) is 3.31. The van der Waals surface area contributed by atoms with E-state index in [0.29, 0.717) is 6.54 Å². The van der Waals surface area contributed by atoms with Gasteiger partial charge in [-0.25, -0.2) is 13.4 Å². The van der Waals surface area contributed by atoms with E-state index in [1.807, 2.05) is 25.1 Å². The van der Waals surface area contributed by atoms with Gasteiger partial charge in [0.2, 0.25) is 0 Å². The molecule has 0 saturated carbocycles. The predicted octanol–water partition coefficient (Wildman–Crippen LogP) is 0.814. The maximum atomic E-state index is 11.6. The molecule has 1 N–H and O–H groups in total. The summed E-state index contributed by atoms with van der Waals surface area (Å²) in [4.78, 5) is 6.68. The maximum Gasteiger partial charge on any atom is 0.154 e. The Labute approximate surface area is 114 Å². The SMILES string of the molecule is CCNCc1cccc(N2CCS(=O)(=O)CC2C)n1. The molecule has 2 heterocycles. The van der Waals surface area contributed by atoms with Crippen LogP contribution in [0.25, 0.3) is 0 Å². The van der Waals surface area contributed by atoms with Crippen molar-refractivity contribution in [1.82, 2.24) is 10.3 Å². The van der Waals surface area contributed by atoms with E-state index >= 15 is 0 Å². The van der Waals surface area contributed by atoms with E-state index in [0.717, 1.165) is 24.6 Å². The monoisotopic (exact) mass is 283 g/mol. The Hall–Kier alpha value is -1.14. The molecular weight excluding hydrogens is 262 g/mol. The molecule has 2 rings (SSSR count). The first-order valence-electron chi connectivity index (χ1n) is 6.65. The van der Waals surface area contributed by atoms with Crippen LogP contribution in [0.2, 0.25) is 0 Å². The molecule has 0 radical (unpaired) electrons. The van der Waals surface area contributed by atoms with Crippen molar-refractivity contribution in [2.24, 2.45) is 0 Å². The zero-order valence-corrected chi connectivity index (χ0v) is 12.3. The van der Waals surface area contributed by atoms with Crippen LogP contribution >= 0.6 is 0 Å². The van der Waals surface area contributed by atoms with Crippen LogP contribution in [0, 0.1) is 0 Å². The van der Waals surface area contributed by atoms with Gasteiger partial charge in [0, 0.05) is 19.1 Å². The van der Waals surface area contributed by atoms with Crippen molar-refractivity contribution in [3.05, 3.63) is 23.9 Å². The van der Waals surface area contributed by atoms with E-state index in [9.17, 15) is 8.42 Å². The van der Waals surface area contributed by atoms with Gasteiger partial charge < -0.3 is 10.2 Å². The second-order valence-corrected chi connectivity index (χ2v) is 7.15. The van der Waals surface area contributed by atoms with Crippen molar-refractivity contribution in [1.29, 1.82) is 0 Å². The first-order valence-corrected chi connectivity index (χ1v) is 8.47. The third-order valence-corrected chi connectivity index (χ3v) is 5.11. The summed E-state index contributed by atoms with van der Waals surface area (Å²) in [6.07, 6.45) is 0. The molecule has 0 aromatic carbocycles. The van der Waals surface area contributed by atoms with Gasteiger partial charge in [-0.1, -0.05) is 13.0 Å². The molecule has 106 valence electrons. The lowest BCUT2D eigenvalue weighted by Gasteiger charge is -2.34. The Morgan fingerprint density at radius 2 is 2.26 bits per heavy atom. The Morgan fingerprint density at radius 3 is 2.95 bits per heavy atom. The highest BCUT2D eigenvalue weighted by Gasteiger charge is 2.28. The molecule has 19 heavy (non-hydrogen) atoms. The van der Waals surface area contributed by atoms with Crippen LogP contribution in [0.4, 0.5) is 5.82 Å². The van der Waals surface area contributed by atoms with Gasteiger partial charge in [-0.15, -0.1) is 0 Å². The number of hydrogen-bond donors (Lipinski definition) is 1. The molecule has 1 aromatic heterocycles. The summed E-state index contributed by atoms with van der Waals surface area (Å²) in [5, 5.41) is 3.24. The minimum atomic E-state index is -2.88. The Balaban J connectivity index is 2.13. The van der Waals surface area contributed by atoms with Crippen molar-refractivity contribution in [2.75, 3.05) is 29.5 Å². The van der Waals surface area contributed by atoms with Crippen molar-refractivity contribution >= 4 is 15.7 Å². The summed E-state index contributed by atoms with van der Waals surface area (Å²) in [6, 6.07) is 5.90. The number of pyridine rings is 1. The zero-order chi connectivity index (χ0) is 13.9. The first-order chi connectivity index (χ1) is 9.02. The van der Waals surface area contributed by atoms with Crippen molar-refractivity contribution < 1.29 is 8.42 Å². The highest BCUT2D eigenvalue weighted by atomic mass is 32.2. The molecule has 0 spiro atoms. The van der Waals surface area contributed by atoms with Crippen LogP contribution in [0.1, 0.15) is 19.5 Å². The van der Waals surface area contributed by atoms with Crippen LogP contribution in [0.3, 0.4) is 0 Å². The van der Waals surface area contributed by atoms with E-state index < -0.39 is 9.84 Å². The lowest BCUT2D eigenvalue weighted by atomic mass is 10.2. The molecule has 0 bridgehead atoms. The molecule has 1 aliphatic heterocycles. The normalized spacial score (nSPS) is 22.4. The maximum absolute atomic E-state index is 11.6. The highest BCUT2D eigenvalue weighted by Crippen LogP contribution is 2.19. The van der Waals surface area contributed by atoms with Crippen LogP contribution in [0.5, 0.6) is 0 Å². The van der Waals surface area contributed by atoms with Crippen molar-refractivity contribution in [2.45, 2.75) is 26.4 Å². The standard InChI is InChI=1S/C13H21N3O2S/c1-3-14-9-12-5-4-6-13(15-12)16-7-8-19(17,18)10-11(16)2/h4-6,11,14H,3,7-10H2,1-2H3. The molecule has 1 saturated heterocycles. The van der Waals surface area contributed by atoms with Gasteiger partial charge in [-0.3, -0.25) is 0 Å². The van der Waals surface area contributed by atoms with E-state index in [1.54, 1.807) is 0 Å². The van der Waals surface area contributed by atoms with Gasteiger partial charge in [-0.2, -0.15) is 0 Å². The number of hydrogen-bond acceptors (Lipinski definition) is 5. The average Bonchev–Trinajstić information content (AvgIpc) is 2.35. The topological polar surface area (TPSA) is 62.3 Å². The molecular formula is C13H21N3O2S. The fourth-order valence-electron chi connectivity index (χ4n) is 2.32. The van der Waals surface area contributed by atoms with Gasteiger partial charge in [-0.05, 0) is 25.6 Å². The Morgan fingerprint density at radius 1 is 1.47 bits per heavy atom. The van der Waals surface area contributed by atoms with Crippen LogP contribution in [-0.4, -0.2) is 44.0 Å². The molecule has 5 nitrogen and oxygen atoms in total. The lowest BCUT2D eigenvalue weighted by Crippen LogP contribution is -2.47. The fraction of sp³-hybridized carbons (Fsp3) is 0.615. The largest absolute Gasteiger partial charge is 0.352 e. The van der Waals surface area contributed by atoms with Gasteiger partial charge in [0.05, 0.1) is 17.2 Å². The Bertz CT molecular complexity index is 530. The minimum Gasteiger partial charge on any atom is -0.352 e. The minimum absolute atomic E-state index is 0.0133. The number of aromatic nitrogens is 1. The molecule has 6 heteroatoms. The van der Waals surface area contributed by atoms with Crippen molar-refractivity contribution in [3.8, 4) is 0 Å². The zero-order valence-electron chi connectivity index (χ0n) is 11.5. The number of rotatable bonds is 4. The van der Waals surface area contributed by atoms with Crippen molar-refractivity contribution in [3.63, 3.8) is 0 Å². The molecule has 1 atom stereocenters. The molecule has 1 aliphatic rings. The fourth-order valence-corrected chi connectivity index (χ4v) is 3.87. The molecule has 1 aromatic rings. The summed E-state index contributed by atoms with van der Waals surface area (Å²) < 4.78 is 23.2. The van der Waals surface area contributed by atoms with Gasteiger partial charge in [0.25, 0.3) is 0 Å². The van der Waals surface area contributed by atoms with E-state index in [1.165, 1.54) is 0 Å². The number of anilines is 1. The Kier molecular flexibility index (Phi) is 4.42. The number of nitrogens with zero attached hydrogens (tertiary/aromatic N) is 2. The smallest absolute Gasteiger partial charge is 0.154 e. The molecule has 1 fully saturated rings. The van der Waals surface area contributed by atoms with Crippen LogP contribution in [-0.2, 0) is 16.4 Å². The van der Waals surface area contributed by atoms with Crippen LogP contribution in [0.15, 0.2) is 18.2 Å². The second-order valence-electron chi connectivity index (χ2n) is 4.92. The summed E-state index contributed by atoms with van der Waals surface area (Å²) in [7, 11) is -2.88. The predicted molar refractivity (Wildman–Crippen MR) is 77.1 cm³/mol. The number of nitrogens with one attached hydrogen (secondary N) is 1. The highest BCUT2D eigenvalue weighted by molar-refractivity contribution is 7.91. The lowest BCUT2D eigenvalue weighted by molar-refractivity contribution is 0.566. The van der Waals surface area contributed by atoms with Gasteiger partial charge >= 0.3 is 0 Å². The second kappa shape index (κ2) is 5.88. The molecule has 0 aliphatic carbocycles. The quantitative estimate of drug-likeness (QED) is 0.886. The van der Waals surface area contributed by atoms with E-state index in [-0.39, 0.29) is 17.5 Å². The van der Waals surface area contributed by atoms with E-state index in [2.05, 4.69) is 22.1 Å². The van der Waals surface area contributed by atoms with Gasteiger partial charge in [0.1, 0.15) is 5.82 Å². The summed E-state index contributed by atoms with van der Waals surface area (Å²) in [5.41, 5.74) is 0.986. The summed E-state index contributed by atoms with van der Waals surface area (Å²) in [6.45, 7) is 6.17. The summed E-state index contributed by atoms with van der Waals surface area (Å²) in [5.74, 6) is 1.31. The first kappa shape index (κ1) is 14.3. The molecule has 1 unspecified atom stereocenters. The number of sulfone groups is 1. The molecule has 0 amide bonds.